The van der Waals surface area contributed by atoms with Crippen LogP contribution in [0.1, 0.15) is 63.5 Å². The number of aromatic nitrogens is 2. The van der Waals surface area contributed by atoms with Crippen LogP contribution in [0.15, 0.2) is 24.3 Å². The molecule has 0 saturated carbocycles. The number of hydroxylamine groups is 1. The van der Waals surface area contributed by atoms with Gasteiger partial charge in [0.15, 0.2) is 0 Å². The van der Waals surface area contributed by atoms with Crippen LogP contribution in [-0.4, -0.2) is 26.8 Å². The molecule has 1 aromatic carbocycles. The normalized spacial score (nSPS) is 16.2. The van der Waals surface area contributed by atoms with Gasteiger partial charge in [-0.3, -0.25) is 19.5 Å². The Hall–Kier alpha value is -2.67. The molecule has 1 unspecified atom stereocenters. The average molecular weight is 342 g/mol. The molecule has 1 aliphatic rings. The van der Waals surface area contributed by atoms with Crippen LogP contribution in [0.25, 0.3) is 0 Å². The van der Waals surface area contributed by atoms with Gasteiger partial charge in [-0.1, -0.05) is 13.0 Å². The van der Waals surface area contributed by atoms with E-state index in [4.69, 9.17) is 5.21 Å². The van der Waals surface area contributed by atoms with Gasteiger partial charge in [-0.2, -0.15) is 5.10 Å². The minimum Gasteiger partial charge on any atom is -0.344 e. The van der Waals surface area contributed by atoms with E-state index >= 15 is 0 Å². The van der Waals surface area contributed by atoms with Crippen LogP contribution in [0.2, 0.25) is 0 Å². The first-order valence-electron chi connectivity index (χ1n) is 8.44. The van der Waals surface area contributed by atoms with Gasteiger partial charge in [-0.25, -0.2) is 5.48 Å². The molecule has 2 aromatic rings. The van der Waals surface area contributed by atoms with Crippen molar-refractivity contribution in [2.24, 2.45) is 7.05 Å². The first kappa shape index (κ1) is 17.2. The molecule has 0 saturated heterocycles. The second-order valence-corrected chi connectivity index (χ2v) is 6.27. The highest BCUT2D eigenvalue weighted by Crippen LogP contribution is 2.30. The van der Waals surface area contributed by atoms with Gasteiger partial charge in [0.2, 0.25) is 0 Å². The Morgan fingerprint density at radius 1 is 1.32 bits per heavy atom. The maximum atomic E-state index is 12.6. The van der Waals surface area contributed by atoms with Crippen molar-refractivity contribution in [1.82, 2.24) is 20.6 Å². The van der Waals surface area contributed by atoms with E-state index in [0.717, 1.165) is 42.5 Å². The number of hydrogen-bond donors (Lipinski definition) is 3. The zero-order valence-corrected chi connectivity index (χ0v) is 14.4. The number of benzene rings is 1. The fourth-order valence-corrected chi connectivity index (χ4v) is 3.31. The second-order valence-electron chi connectivity index (χ2n) is 6.27. The predicted molar refractivity (Wildman–Crippen MR) is 91.4 cm³/mol. The minimum absolute atomic E-state index is 0.0949. The average Bonchev–Trinajstić information content (AvgIpc) is 3.02. The third kappa shape index (κ3) is 3.41. The molecular weight excluding hydrogens is 320 g/mol. The Kier molecular flexibility index (Phi) is 4.85. The summed E-state index contributed by atoms with van der Waals surface area (Å²) in [6.45, 7) is 2.00. The quantitative estimate of drug-likeness (QED) is 0.584. The van der Waals surface area contributed by atoms with E-state index in [0.29, 0.717) is 11.3 Å². The molecule has 3 N–H and O–H groups in total. The first-order valence-corrected chi connectivity index (χ1v) is 8.44. The van der Waals surface area contributed by atoms with Crippen molar-refractivity contribution >= 4 is 11.8 Å². The van der Waals surface area contributed by atoms with Crippen LogP contribution in [-0.2, 0) is 19.9 Å². The molecule has 0 bridgehead atoms. The monoisotopic (exact) mass is 342 g/mol. The number of nitrogens with one attached hydrogen (secondary N) is 2. The third-order valence-corrected chi connectivity index (χ3v) is 4.65. The fraction of sp³-hybridized carbons (Fsp3) is 0.389. The van der Waals surface area contributed by atoms with E-state index in [1.165, 1.54) is 0 Å². The summed E-state index contributed by atoms with van der Waals surface area (Å²) in [5.74, 6) is -0.680. The van der Waals surface area contributed by atoms with Crippen LogP contribution < -0.4 is 10.8 Å². The summed E-state index contributed by atoms with van der Waals surface area (Å²) >= 11 is 0. The number of amides is 2. The Balaban J connectivity index is 1.82. The van der Waals surface area contributed by atoms with Crippen LogP contribution in [0, 0.1) is 0 Å². The number of rotatable bonds is 4. The zero-order valence-electron chi connectivity index (χ0n) is 14.4. The lowest BCUT2D eigenvalue weighted by Crippen LogP contribution is -2.32. The molecule has 7 nitrogen and oxygen atoms in total. The van der Waals surface area contributed by atoms with Crippen LogP contribution in [0.3, 0.4) is 0 Å². The zero-order chi connectivity index (χ0) is 18.0. The highest BCUT2D eigenvalue weighted by Gasteiger charge is 2.24. The predicted octanol–water partition coefficient (Wildman–Crippen LogP) is 1.91. The van der Waals surface area contributed by atoms with Gasteiger partial charge in [0.1, 0.15) is 5.69 Å². The number of carbonyl (C=O) groups is 2. The van der Waals surface area contributed by atoms with Crippen molar-refractivity contribution in [3.8, 4) is 0 Å². The smallest absolute Gasteiger partial charge is 0.274 e. The van der Waals surface area contributed by atoms with Crippen molar-refractivity contribution in [3.05, 3.63) is 52.3 Å². The van der Waals surface area contributed by atoms with Crippen molar-refractivity contribution < 1.29 is 14.8 Å². The van der Waals surface area contributed by atoms with E-state index in [9.17, 15) is 9.59 Å². The van der Waals surface area contributed by atoms with Gasteiger partial charge in [0.25, 0.3) is 11.8 Å². The van der Waals surface area contributed by atoms with E-state index in [1.807, 2.05) is 19.1 Å². The summed E-state index contributed by atoms with van der Waals surface area (Å²) in [6.07, 6.45) is 3.40. The third-order valence-electron chi connectivity index (χ3n) is 4.65. The van der Waals surface area contributed by atoms with E-state index < -0.39 is 5.91 Å². The highest BCUT2D eigenvalue weighted by molar-refractivity contribution is 5.94. The van der Waals surface area contributed by atoms with Gasteiger partial charge in [-0.15, -0.1) is 0 Å². The SMILES string of the molecule is CCc1cc(C(=O)NC2CCCc3cc(C(=O)NO)ccc32)n(C)n1. The summed E-state index contributed by atoms with van der Waals surface area (Å²) in [5.41, 5.74) is 5.53. The molecule has 0 radical (unpaired) electrons. The van der Waals surface area contributed by atoms with Gasteiger partial charge in [0.05, 0.1) is 11.7 Å². The van der Waals surface area contributed by atoms with Gasteiger partial charge < -0.3 is 5.32 Å². The highest BCUT2D eigenvalue weighted by atomic mass is 16.5. The summed E-state index contributed by atoms with van der Waals surface area (Å²) < 4.78 is 1.60. The molecule has 0 aliphatic heterocycles. The largest absolute Gasteiger partial charge is 0.344 e. The lowest BCUT2D eigenvalue weighted by Gasteiger charge is -2.26. The number of aryl methyl sites for hydroxylation is 3. The molecule has 1 aliphatic carbocycles. The van der Waals surface area contributed by atoms with E-state index in [1.54, 1.807) is 29.3 Å². The number of nitrogens with zero attached hydrogens (tertiary/aromatic N) is 2. The standard InChI is InChI=1S/C18H22N4O3/c1-3-13-10-16(22(2)20-13)18(24)19-15-6-4-5-11-9-12(17(23)21-25)7-8-14(11)15/h7-10,15,25H,3-6H2,1-2H3,(H,19,24)(H,21,23). The molecule has 2 amide bonds. The lowest BCUT2D eigenvalue weighted by molar-refractivity contribution is 0.0706. The van der Waals surface area contributed by atoms with Crippen molar-refractivity contribution in [2.45, 2.75) is 38.6 Å². The Morgan fingerprint density at radius 2 is 2.12 bits per heavy atom. The van der Waals surface area contributed by atoms with Crippen molar-refractivity contribution in [1.29, 1.82) is 0 Å². The Bertz CT molecular complexity index is 813. The van der Waals surface area contributed by atoms with E-state index in [2.05, 4.69) is 10.4 Å². The molecule has 3 rings (SSSR count). The maximum Gasteiger partial charge on any atom is 0.274 e. The molecule has 1 atom stereocenters. The maximum absolute atomic E-state index is 12.6. The van der Waals surface area contributed by atoms with Crippen molar-refractivity contribution in [2.75, 3.05) is 0 Å². The minimum atomic E-state index is -0.532. The number of hydrogen-bond acceptors (Lipinski definition) is 4. The first-order chi connectivity index (χ1) is 12.0. The molecule has 0 fully saturated rings. The molecule has 7 heteroatoms. The van der Waals surface area contributed by atoms with Gasteiger partial charge in [0, 0.05) is 12.6 Å². The summed E-state index contributed by atoms with van der Waals surface area (Å²) in [5, 5.41) is 16.2. The molecule has 1 heterocycles. The Labute approximate surface area is 146 Å². The Morgan fingerprint density at radius 3 is 2.80 bits per heavy atom. The molecular formula is C18H22N4O3. The number of fused-ring (bicyclic) bond motifs is 1. The topological polar surface area (TPSA) is 96.3 Å². The van der Waals surface area contributed by atoms with Gasteiger partial charge in [-0.05, 0) is 55.0 Å². The summed E-state index contributed by atoms with van der Waals surface area (Å²) in [6, 6.07) is 7.01. The number of carbonyl (C=O) groups excluding carboxylic acids is 2. The molecule has 0 spiro atoms. The van der Waals surface area contributed by atoms with Crippen LogP contribution >= 0.6 is 0 Å². The summed E-state index contributed by atoms with van der Waals surface area (Å²) in [4.78, 5) is 24.2. The van der Waals surface area contributed by atoms with Gasteiger partial charge >= 0.3 is 0 Å². The molecule has 132 valence electrons. The van der Waals surface area contributed by atoms with Crippen LogP contribution in [0.5, 0.6) is 0 Å². The molecule has 1 aromatic heterocycles. The van der Waals surface area contributed by atoms with Crippen LogP contribution in [0.4, 0.5) is 0 Å². The van der Waals surface area contributed by atoms with Crippen molar-refractivity contribution in [3.63, 3.8) is 0 Å². The fourth-order valence-electron chi connectivity index (χ4n) is 3.31. The lowest BCUT2D eigenvalue weighted by atomic mass is 9.86. The van der Waals surface area contributed by atoms with E-state index in [-0.39, 0.29) is 11.9 Å². The second kappa shape index (κ2) is 7.06. The molecule has 25 heavy (non-hydrogen) atoms. The summed E-state index contributed by atoms with van der Waals surface area (Å²) in [7, 11) is 1.77.